The van der Waals surface area contributed by atoms with Gasteiger partial charge in [0.15, 0.2) is 0 Å². The molecule has 1 atom stereocenters. The van der Waals surface area contributed by atoms with Crippen LogP contribution in [0.25, 0.3) is 5.76 Å². The lowest BCUT2D eigenvalue weighted by Gasteiger charge is -2.28. The van der Waals surface area contributed by atoms with E-state index < -0.39 is 17.7 Å². The average molecular weight is 485 g/mol. The molecule has 1 unspecified atom stereocenters. The van der Waals surface area contributed by atoms with E-state index in [-0.39, 0.29) is 11.3 Å². The maximum atomic E-state index is 13.5. The molecular formula is C29H28N2O5. The minimum absolute atomic E-state index is 0.0332. The number of methoxy groups -OCH3 is 1. The summed E-state index contributed by atoms with van der Waals surface area (Å²) in [5.41, 5.74) is 4.61. The van der Waals surface area contributed by atoms with E-state index in [0.717, 1.165) is 16.8 Å². The van der Waals surface area contributed by atoms with Gasteiger partial charge in [0, 0.05) is 18.3 Å². The molecule has 2 aliphatic heterocycles. The normalized spacial score (nSPS) is 18.7. The second kappa shape index (κ2) is 9.07. The quantitative estimate of drug-likeness (QED) is 0.327. The number of hydrogen-bond acceptors (Lipinski definition) is 6. The Morgan fingerprint density at radius 2 is 1.83 bits per heavy atom. The molecule has 7 heteroatoms. The second-order valence-electron chi connectivity index (χ2n) is 9.17. The predicted octanol–water partition coefficient (Wildman–Crippen LogP) is 4.77. The monoisotopic (exact) mass is 484 g/mol. The molecule has 0 aromatic heterocycles. The fourth-order valence-corrected chi connectivity index (χ4v) is 4.75. The number of likely N-dealkylation sites (N-methyl/N-ethyl adjacent to an activating group) is 1. The lowest BCUT2D eigenvalue weighted by molar-refractivity contribution is -0.132. The molecular weight excluding hydrogens is 456 g/mol. The van der Waals surface area contributed by atoms with Crippen LogP contribution in [-0.2, 0) is 9.59 Å². The fraction of sp³-hybridized carbons (Fsp3) is 0.241. The Morgan fingerprint density at radius 3 is 2.58 bits per heavy atom. The van der Waals surface area contributed by atoms with Crippen molar-refractivity contribution in [2.45, 2.75) is 19.9 Å². The summed E-state index contributed by atoms with van der Waals surface area (Å²) in [7, 11) is 3.51. The third-order valence-corrected chi connectivity index (χ3v) is 6.95. The highest BCUT2D eigenvalue weighted by atomic mass is 16.5. The summed E-state index contributed by atoms with van der Waals surface area (Å²) in [6, 6.07) is 17.3. The van der Waals surface area contributed by atoms with Crippen molar-refractivity contribution < 1.29 is 24.2 Å². The fourth-order valence-electron chi connectivity index (χ4n) is 4.75. The molecule has 184 valence electrons. The van der Waals surface area contributed by atoms with Gasteiger partial charge in [0.05, 0.1) is 31.0 Å². The average Bonchev–Trinajstić information content (AvgIpc) is 3.15. The zero-order chi connectivity index (χ0) is 25.6. The highest BCUT2D eigenvalue weighted by molar-refractivity contribution is 6.51. The Morgan fingerprint density at radius 1 is 1.03 bits per heavy atom. The van der Waals surface area contributed by atoms with Gasteiger partial charge in [0.25, 0.3) is 11.7 Å². The van der Waals surface area contributed by atoms with Crippen molar-refractivity contribution in [1.29, 1.82) is 0 Å². The van der Waals surface area contributed by atoms with Gasteiger partial charge in [-0.25, -0.2) is 0 Å². The number of rotatable bonds is 4. The van der Waals surface area contributed by atoms with Crippen LogP contribution in [0.4, 0.5) is 11.4 Å². The summed E-state index contributed by atoms with van der Waals surface area (Å²) in [6.45, 7) is 5.23. The maximum Gasteiger partial charge on any atom is 0.300 e. The predicted molar refractivity (Wildman–Crippen MR) is 139 cm³/mol. The molecule has 1 fully saturated rings. The smallest absolute Gasteiger partial charge is 0.300 e. The number of benzene rings is 3. The van der Waals surface area contributed by atoms with Crippen molar-refractivity contribution in [3.63, 3.8) is 0 Å². The molecule has 1 saturated heterocycles. The molecule has 0 bridgehead atoms. The van der Waals surface area contributed by atoms with Crippen LogP contribution in [0.1, 0.15) is 28.3 Å². The molecule has 5 rings (SSSR count). The lowest BCUT2D eigenvalue weighted by atomic mass is 9.94. The number of aryl methyl sites for hydroxylation is 2. The second-order valence-corrected chi connectivity index (χ2v) is 9.17. The Hall–Kier alpha value is -4.26. The highest BCUT2D eigenvalue weighted by Crippen LogP contribution is 2.44. The van der Waals surface area contributed by atoms with Crippen LogP contribution in [0.2, 0.25) is 0 Å². The van der Waals surface area contributed by atoms with Gasteiger partial charge < -0.3 is 19.5 Å². The van der Waals surface area contributed by atoms with Crippen LogP contribution in [0.3, 0.4) is 0 Å². The number of fused-ring (bicyclic) bond motifs is 1. The summed E-state index contributed by atoms with van der Waals surface area (Å²) in [5.74, 6) is -0.354. The van der Waals surface area contributed by atoms with Crippen LogP contribution < -0.4 is 19.3 Å². The van der Waals surface area contributed by atoms with E-state index in [4.69, 9.17) is 9.47 Å². The van der Waals surface area contributed by atoms with Crippen LogP contribution in [0, 0.1) is 13.8 Å². The van der Waals surface area contributed by atoms with E-state index >= 15 is 0 Å². The van der Waals surface area contributed by atoms with Crippen LogP contribution >= 0.6 is 0 Å². The first-order valence-corrected chi connectivity index (χ1v) is 11.8. The van der Waals surface area contributed by atoms with Gasteiger partial charge >= 0.3 is 0 Å². The number of aliphatic hydroxyl groups excluding tert-OH is 1. The number of hydrogen-bond donors (Lipinski definition) is 1. The van der Waals surface area contributed by atoms with E-state index in [0.29, 0.717) is 41.5 Å². The Labute approximate surface area is 210 Å². The lowest BCUT2D eigenvalue weighted by Crippen LogP contribution is -2.29. The summed E-state index contributed by atoms with van der Waals surface area (Å²) in [4.78, 5) is 30.4. The van der Waals surface area contributed by atoms with Crippen LogP contribution in [0.15, 0.2) is 66.2 Å². The third-order valence-electron chi connectivity index (χ3n) is 6.95. The van der Waals surface area contributed by atoms with Gasteiger partial charge in [-0.15, -0.1) is 0 Å². The highest BCUT2D eigenvalue weighted by Gasteiger charge is 2.47. The summed E-state index contributed by atoms with van der Waals surface area (Å²) in [5, 5.41) is 11.5. The number of aliphatic hydroxyl groups is 1. The van der Waals surface area contributed by atoms with E-state index in [1.807, 2.05) is 50.1 Å². The van der Waals surface area contributed by atoms with Gasteiger partial charge in [-0.05, 0) is 73.0 Å². The first-order valence-electron chi connectivity index (χ1n) is 11.8. The van der Waals surface area contributed by atoms with Crippen molar-refractivity contribution >= 4 is 28.8 Å². The summed E-state index contributed by atoms with van der Waals surface area (Å²) >= 11 is 0. The molecule has 2 heterocycles. The number of Topliss-reactive ketones (excluding diaryl/α,β-unsaturated/α-hetero) is 1. The summed E-state index contributed by atoms with van der Waals surface area (Å²) in [6.07, 6.45) is 0. The first-order chi connectivity index (χ1) is 17.3. The number of ketones is 1. The van der Waals surface area contributed by atoms with Gasteiger partial charge in [-0.1, -0.05) is 18.2 Å². The number of ether oxygens (including phenoxy) is 2. The van der Waals surface area contributed by atoms with Gasteiger partial charge in [-0.3, -0.25) is 14.5 Å². The van der Waals surface area contributed by atoms with Crippen LogP contribution in [-0.4, -0.2) is 44.1 Å². The van der Waals surface area contributed by atoms with Crippen LogP contribution in [0.5, 0.6) is 11.5 Å². The van der Waals surface area contributed by atoms with E-state index in [1.165, 1.54) is 4.90 Å². The molecule has 0 saturated carbocycles. The van der Waals surface area contributed by atoms with Crippen molar-refractivity contribution in [3.05, 3.63) is 88.5 Å². The van der Waals surface area contributed by atoms with E-state index in [9.17, 15) is 14.7 Å². The molecule has 3 aromatic carbocycles. The Balaban J connectivity index is 1.71. The first kappa shape index (κ1) is 23.5. The molecule has 3 aromatic rings. The van der Waals surface area contributed by atoms with Crippen molar-refractivity contribution in [2.24, 2.45) is 0 Å². The van der Waals surface area contributed by atoms with Crippen molar-refractivity contribution in [2.75, 3.05) is 37.1 Å². The molecule has 0 spiro atoms. The number of amides is 1. The zero-order valence-electron chi connectivity index (χ0n) is 20.7. The SMILES string of the molecule is COc1cccc(C2/C(=C(/O)c3ccc4c(c3)N(C)CCO4)C(=O)C(=O)N2c2ccc(C)c(C)c2)c1. The topological polar surface area (TPSA) is 79.3 Å². The van der Waals surface area contributed by atoms with E-state index in [2.05, 4.69) is 0 Å². The maximum absolute atomic E-state index is 13.5. The standard InChI is InChI=1S/C29H28N2O5/c1-17-8-10-21(14-18(17)2)31-26(19-6-5-7-22(15-19)35-4)25(28(33)29(31)34)27(32)20-9-11-24-23(16-20)30(3)12-13-36-24/h5-11,14-16,26,32H,12-13H2,1-4H3/b27-25-. The van der Waals surface area contributed by atoms with Gasteiger partial charge in [0.2, 0.25) is 0 Å². The number of anilines is 2. The van der Waals surface area contributed by atoms with Gasteiger partial charge in [0.1, 0.15) is 23.9 Å². The number of nitrogens with zero attached hydrogens (tertiary/aromatic N) is 2. The molecule has 36 heavy (non-hydrogen) atoms. The van der Waals surface area contributed by atoms with Crippen molar-refractivity contribution in [1.82, 2.24) is 0 Å². The number of carbonyl (C=O) groups excluding carboxylic acids is 2. The zero-order valence-corrected chi connectivity index (χ0v) is 20.7. The summed E-state index contributed by atoms with van der Waals surface area (Å²) < 4.78 is 11.1. The van der Waals surface area contributed by atoms with E-state index in [1.54, 1.807) is 43.5 Å². The van der Waals surface area contributed by atoms with Gasteiger partial charge in [-0.2, -0.15) is 0 Å². The Bertz CT molecular complexity index is 1410. The largest absolute Gasteiger partial charge is 0.507 e. The molecule has 1 N–H and O–H groups in total. The minimum Gasteiger partial charge on any atom is -0.507 e. The molecule has 0 aliphatic carbocycles. The minimum atomic E-state index is -0.827. The number of carbonyl (C=O) groups is 2. The molecule has 0 radical (unpaired) electrons. The van der Waals surface area contributed by atoms with Crippen molar-refractivity contribution in [3.8, 4) is 11.5 Å². The third kappa shape index (κ3) is 3.86. The molecule has 1 amide bonds. The molecule has 2 aliphatic rings. The Kier molecular flexibility index (Phi) is 5.92. The molecule has 7 nitrogen and oxygen atoms in total.